The molecule has 26 heavy (non-hydrogen) atoms. The van der Waals surface area contributed by atoms with E-state index < -0.39 is 0 Å². The third-order valence-corrected chi connectivity index (χ3v) is 4.43. The average Bonchev–Trinajstić information content (AvgIpc) is 3.31. The smallest absolute Gasteiger partial charge is 0.246 e. The summed E-state index contributed by atoms with van der Waals surface area (Å²) in [5.74, 6) is 1.92. The van der Waals surface area contributed by atoms with Crippen LogP contribution in [-0.4, -0.2) is 47.7 Å². The van der Waals surface area contributed by atoms with Gasteiger partial charge < -0.3 is 15.2 Å². The molecule has 7 nitrogen and oxygen atoms in total. The highest BCUT2D eigenvalue weighted by Gasteiger charge is 2.23. The minimum atomic E-state index is 0. The molecule has 142 valence electrons. The predicted molar refractivity (Wildman–Crippen MR) is 113 cm³/mol. The topological polar surface area (TPSA) is 78.6 Å². The van der Waals surface area contributed by atoms with E-state index in [1.54, 1.807) is 14.0 Å². The lowest BCUT2D eigenvalue weighted by Gasteiger charge is -2.28. The molecule has 1 saturated heterocycles. The number of hydrogen-bond donors (Lipinski definition) is 2. The molecule has 0 aliphatic carbocycles. The number of nitrogens with zero attached hydrogens (tertiary/aromatic N) is 4. The minimum Gasteiger partial charge on any atom is -0.354 e. The van der Waals surface area contributed by atoms with Crippen molar-refractivity contribution in [2.45, 2.75) is 32.4 Å². The highest BCUT2D eigenvalue weighted by Crippen LogP contribution is 2.24. The third-order valence-electron chi connectivity index (χ3n) is 4.43. The summed E-state index contributed by atoms with van der Waals surface area (Å²) >= 11 is 0. The number of hydrogen-bond acceptors (Lipinski definition) is 5. The zero-order valence-corrected chi connectivity index (χ0v) is 17.6. The molecule has 0 saturated carbocycles. The zero-order chi connectivity index (χ0) is 17.5. The van der Waals surface area contributed by atoms with Gasteiger partial charge in [0.15, 0.2) is 11.8 Å². The summed E-state index contributed by atoms with van der Waals surface area (Å²) in [7, 11) is 1.77. The Kier molecular flexibility index (Phi) is 8.30. The van der Waals surface area contributed by atoms with Gasteiger partial charge >= 0.3 is 0 Å². The van der Waals surface area contributed by atoms with Crippen LogP contribution in [0.3, 0.4) is 0 Å². The van der Waals surface area contributed by atoms with Crippen LogP contribution in [0.4, 0.5) is 0 Å². The first-order valence-electron chi connectivity index (χ1n) is 8.79. The van der Waals surface area contributed by atoms with Gasteiger partial charge in [0.05, 0.1) is 12.6 Å². The van der Waals surface area contributed by atoms with E-state index in [0.717, 1.165) is 25.6 Å². The number of nitrogens with one attached hydrogen (secondary N) is 2. The van der Waals surface area contributed by atoms with Crippen LogP contribution >= 0.6 is 24.0 Å². The van der Waals surface area contributed by atoms with E-state index in [4.69, 9.17) is 4.52 Å². The highest BCUT2D eigenvalue weighted by molar-refractivity contribution is 14.0. The van der Waals surface area contributed by atoms with E-state index in [-0.39, 0.29) is 24.0 Å². The second kappa shape index (κ2) is 10.5. The Bertz CT molecular complexity index is 684. The summed E-state index contributed by atoms with van der Waals surface area (Å²) in [6.45, 7) is 5.36. The van der Waals surface area contributed by atoms with E-state index in [2.05, 4.69) is 61.0 Å². The fourth-order valence-corrected chi connectivity index (χ4v) is 3.17. The summed E-state index contributed by atoms with van der Waals surface area (Å²) in [4.78, 5) is 11.0. The van der Waals surface area contributed by atoms with Gasteiger partial charge in [-0.1, -0.05) is 35.5 Å². The summed E-state index contributed by atoms with van der Waals surface area (Å²) < 4.78 is 5.12. The van der Waals surface area contributed by atoms with E-state index in [9.17, 15) is 0 Å². The molecule has 2 aromatic rings. The van der Waals surface area contributed by atoms with Crippen LogP contribution in [0.15, 0.2) is 39.8 Å². The lowest BCUT2D eigenvalue weighted by Crippen LogP contribution is -2.42. The summed E-state index contributed by atoms with van der Waals surface area (Å²) in [6.07, 6.45) is 2.54. The van der Waals surface area contributed by atoms with Crippen molar-refractivity contribution < 1.29 is 4.52 Å². The molecule has 0 radical (unpaired) electrons. The molecule has 8 heteroatoms. The molecule has 1 aliphatic heterocycles. The lowest BCUT2D eigenvalue weighted by atomic mass is 10.1. The molecule has 3 rings (SSSR count). The van der Waals surface area contributed by atoms with Gasteiger partial charge in [0.25, 0.3) is 0 Å². The highest BCUT2D eigenvalue weighted by atomic mass is 127. The van der Waals surface area contributed by atoms with Crippen molar-refractivity contribution in [1.29, 1.82) is 0 Å². The van der Waals surface area contributed by atoms with Crippen LogP contribution in [0.5, 0.6) is 0 Å². The monoisotopic (exact) mass is 470 g/mol. The van der Waals surface area contributed by atoms with E-state index in [1.807, 2.05) is 0 Å². The van der Waals surface area contributed by atoms with Gasteiger partial charge in [-0.25, -0.2) is 0 Å². The standard InChI is InChI=1S/C18H26N6O.HI/c1-14-22-17(25-23-14)13-21-18(19-2)20-12-16(24-10-6-7-11-24)15-8-4-3-5-9-15;/h3-5,8-9,16H,6-7,10-13H2,1-2H3,(H2,19,20,21);1H. The quantitative estimate of drug-likeness (QED) is 0.384. The number of benzene rings is 1. The van der Waals surface area contributed by atoms with Crippen LogP contribution in [0, 0.1) is 6.92 Å². The van der Waals surface area contributed by atoms with Crippen molar-refractivity contribution in [3.05, 3.63) is 47.6 Å². The maximum Gasteiger partial charge on any atom is 0.246 e. The van der Waals surface area contributed by atoms with E-state index in [0.29, 0.717) is 24.3 Å². The Morgan fingerprint density at radius 3 is 2.58 bits per heavy atom. The molecule has 0 amide bonds. The molecule has 1 fully saturated rings. The second-order valence-electron chi connectivity index (χ2n) is 6.21. The van der Waals surface area contributed by atoms with Crippen LogP contribution < -0.4 is 10.6 Å². The largest absolute Gasteiger partial charge is 0.354 e. The van der Waals surface area contributed by atoms with Crippen LogP contribution in [-0.2, 0) is 6.54 Å². The van der Waals surface area contributed by atoms with Crippen molar-refractivity contribution in [1.82, 2.24) is 25.7 Å². The minimum absolute atomic E-state index is 0. The molecular weight excluding hydrogens is 443 g/mol. The Labute approximate surface area is 171 Å². The number of rotatable bonds is 6. The van der Waals surface area contributed by atoms with Gasteiger partial charge in [0.1, 0.15) is 0 Å². The van der Waals surface area contributed by atoms with Crippen molar-refractivity contribution in [3.63, 3.8) is 0 Å². The third kappa shape index (κ3) is 5.66. The molecule has 1 aromatic heterocycles. The molecule has 2 N–H and O–H groups in total. The Morgan fingerprint density at radius 2 is 1.96 bits per heavy atom. The van der Waals surface area contributed by atoms with Crippen molar-refractivity contribution in [2.75, 3.05) is 26.7 Å². The summed E-state index contributed by atoms with van der Waals surface area (Å²) in [5.41, 5.74) is 1.33. The molecule has 1 aromatic carbocycles. The van der Waals surface area contributed by atoms with Gasteiger partial charge in [-0.3, -0.25) is 9.89 Å². The predicted octanol–water partition coefficient (Wildman–Crippen LogP) is 2.50. The van der Waals surface area contributed by atoms with Crippen molar-refractivity contribution in [3.8, 4) is 0 Å². The molecule has 0 spiro atoms. The maximum atomic E-state index is 5.12. The molecular formula is C18H27IN6O. The summed E-state index contributed by atoms with van der Waals surface area (Å²) in [5, 5.41) is 10.4. The van der Waals surface area contributed by atoms with Gasteiger partial charge in [0.2, 0.25) is 5.89 Å². The first kappa shape index (κ1) is 20.6. The second-order valence-corrected chi connectivity index (χ2v) is 6.21. The van der Waals surface area contributed by atoms with E-state index >= 15 is 0 Å². The van der Waals surface area contributed by atoms with Crippen LogP contribution in [0.1, 0.15) is 36.2 Å². The van der Waals surface area contributed by atoms with Crippen molar-refractivity contribution in [2.24, 2.45) is 4.99 Å². The average molecular weight is 470 g/mol. The molecule has 1 atom stereocenters. The number of aryl methyl sites for hydroxylation is 1. The van der Waals surface area contributed by atoms with Crippen LogP contribution in [0.2, 0.25) is 0 Å². The van der Waals surface area contributed by atoms with Crippen LogP contribution in [0.25, 0.3) is 0 Å². The van der Waals surface area contributed by atoms with E-state index in [1.165, 1.54) is 18.4 Å². The van der Waals surface area contributed by atoms with Gasteiger partial charge in [-0.15, -0.1) is 24.0 Å². The number of aromatic nitrogens is 2. The van der Waals surface area contributed by atoms with Gasteiger partial charge in [-0.2, -0.15) is 4.98 Å². The molecule has 2 heterocycles. The molecule has 0 bridgehead atoms. The number of guanidine groups is 1. The first-order chi connectivity index (χ1) is 12.3. The number of aliphatic imine (C=N–C) groups is 1. The fourth-order valence-electron chi connectivity index (χ4n) is 3.17. The SMILES string of the molecule is CN=C(NCc1nc(C)no1)NCC(c1ccccc1)N1CCCC1.I. The maximum absolute atomic E-state index is 5.12. The van der Waals surface area contributed by atoms with Gasteiger partial charge in [-0.05, 0) is 38.4 Å². The van der Waals surface area contributed by atoms with Crippen molar-refractivity contribution >= 4 is 29.9 Å². The number of halogens is 1. The number of likely N-dealkylation sites (tertiary alicyclic amines) is 1. The summed E-state index contributed by atoms with van der Waals surface area (Å²) in [6, 6.07) is 11.0. The lowest BCUT2D eigenvalue weighted by molar-refractivity contribution is 0.245. The molecule has 1 unspecified atom stereocenters. The first-order valence-corrected chi connectivity index (χ1v) is 8.79. The normalized spacial score (nSPS) is 16.2. The Hall–Kier alpha value is -1.68. The Morgan fingerprint density at radius 1 is 1.23 bits per heavy atom. The zero-order valence-electron chi connectivity index (χ0n) is 15.3. The molecule has 1 aliphatic rings. The Balaban J connectivity index is 0.00000243. The fraction of sp³-hybridized carbons (Fsp3) is 0.500. The van der Waals surface area contributed by atoms with Gasteiger partial charge in [0, 0.05) is 13.6 Å².